The molecule has 2 aromatic rings. The summed E-state index contributed by atoms with van der Waals surface area (Å²) in [5, 5.41) is 3.96. The fourth-order valence-electron chi connectivity index (χ4n) is 1.16. The zero-order valence-electron chi connectivity index (χ0n) is 7.89. The predicted molar refractivity (Wildman–Crippen MR) is 49.1 cm³/mol. The van der Waals surface area contributed by atoms with Gasteiger partial charge in [0, 0.05) is 6.20 Å². The number of aromatic nitrogens is 3. The van der Waals surface area contributed by atoms with Crippen molar-refractivity contribution in [3.63, 3.8) is 0 Å². The Bertz CT molecular complexity index is 490. The van der Waals surface area contributed by atoms with Crippen LogP contribution >= 0.6 is 0 Å². The number of hydrogen-bond donors (Lipinski definition) is 0. The molecular formula is C9H9N3O2. The summed E-state index contributed by atoms with van der Waals surface area (Å²) in [6, 6.07) is 3.74. The van der Waals surface area contributed by atoms with E-state index in [9.17, 15) is 4.79 Å². The topological polar surface area (TPSA) is 56.5 Å². The normalized spacial score (nSPS) is 10.4. The van der Waals surface area contributed by atoms with Crippen LogP contribution in [0.1, 0.15) is 16.2 Å². The van der Waals surface area contributed by atoms with Gasteiger partial charge in [-0.3, -0.25) is 0 Å². The highest BCUT2D eigenvalue weighted by Crippen LogP contribution is 2.04. The number of ether oxygens (including phenoxy) is 1. The zero-order chi connectivity index (χ0) is 10.1. The number of carbonyl (C=O) groups excluding carboxylic acids is 1. The van der Waals surface area contributed by atoms with Crippen molar-refractivity contribution in [1.82, 2.24) is 14.6 Å². The second kappa shape index (κ2) is 3.10. The predicted octanol–water partition coefficient (Wildman–Crippen LogP) is 0.824. The Balaban J connectivity index is 2.56. The van der Waals surface area contributed by atoms with E-state index in [1.54, 1.807) is 10.7 Å². The number of carbonyl (C=O) groups is 1. The lowest BCUT2D eigenvalue weighted by molar-refractivity contribution is 0.0587. The van der Waals surface area contributed by atoms with Gasteiger partial charge in [-0.1, -0.05) is 0 Å². The lowest BCUT2D eigenvalue weighted by Crippen LogP contribution is -2.03. The Morgan fingerprint density at radius 1 is 1.57 bits per heavy atom. The maximum absolute atomic E-state index is 11.1. The number of rotatable bonds is 1. The van der Waals surface area contributed by atoms with Crippen LogP contribution in [0, 0.1) is 6.92 Å². The minimum absolute atomic E-state index is 0.0816. The first-order chi connectivity index (χ1) is 6.70. The van der Waals surface area contributed by atoms with Crippen LogP contribution in [0.25, 0.3) is 5.65 Å². The molecule has 5 nitrogen and oxygen atoms in total. The number of methoxy groups -OCH3 is 1. The summed E-state index contributed by atoms with van der Waals surface area (Å²) in [4.78, 5) is 15.1. The van der Waals surface area contributed by atoms with Gasteiger partial charge in [0.25, 0.3) is 5.82 Å². The third-order valence-corrected chi connectivity index (χ3v) is 1.86. The second-order valence-electron chi connectivity index (χ2n) is 2.93. The van der Waals surface area contributed by atoms with Gasteiger partial charge in [-0.05, 0) is 24.6 Å². The summed E-state index contributed by atoms with van der Waals surface area (Å²) in [5.74, 6) is -0.440. The van der Waals surface area contributed by atoms with Crippen molar-refractivity contribution < 1.29 is 9.53 Å². The van der Waals surface area contributed by atoms with E-state index in [-0.39, 0.29) is 5.82 Å². The van der Waals surface area contributed by atoms with Crippen LogP contribution in [0.5, 0.6) is 0 Å². The number of esters is 1. The fraction of sp³-hybridized carbons (Fsp3) is 0.222. The van der Waals surface area contributed by atoms with Crippen LogP contribution < -0.4 is 0 Å². The minimum Gasteiger partial charge on any atom is -0.463 e. The SMILES string of the molecule is COC(=O)c1nc2cc(C)ccn2n1. The van der Waals surface area contributed by atoms with Crippen molar-refractivity contribution in [1.29, 1.82) is 0 Å². The van der Waals surface area contributed by atoms with Gasteiger partial charge in [0.15, 0.2) is 5.65 Å². The zero-order valence-corrected chi connectivity index (χ0v) is 7.89. The Morgan fingerprint density at radius 3 is 3.07 bits per heavy atom. The van der Waals surface area contributed by atoms with E-state index < -0.39 is 5.97 Å². The van der Waals surface area contributed by atoms with Gasteiger partial charge in [-0.2, -0.15) is 0 Å². The summed E-state index contributed by atoms with van der Waals surface area (Å²) >= 11 is 0. The molecule has 72 valence electrons. The Hall–Kier alpha value is -1.91. The molecule has 0 saturated carbocycles. The molecule has 0 aromatic carbocycles. The van der Waals surface area contributed by atoms with Crippen molar-refractivity contribution in [2.24, 2.45) is 0 Å². The van der Waals surface area contributed by atoms with Crippen LogP contribution in [-0.2, 0) is 4.74 Å². The number of nitrogens with zero attached hydrogens (tertiary/aromatic N) is 3. The van der Waals surface area contributed by atoms with Crippen LogP contribution in [-0.4, -0.2) is 27.7 Å². The quantitative estimate of drug-likeness (QED) is 0.626. The molecule has 0 spiro atoms. The maximum Gasteiger partial charge on any atom is 0.377 e. The molecule has 5 heteroatoms. The molecule has 0 saturated heterocycles. The molecule has 0 bridgehead atoms. The fourth-order valence-corrected chi connectivity index (χ4v) is 1.16. The average Bonchev–Trinajstić information content (AvgIpc) is 2.59. The molecule has 2 heterocycles. The van der Waals surface area contributed by atoms with Crippen LogP contribution in [0.3, 0.4) is 0 Å². The van der Waals surface area contributed by atoms with Gasteiger partial charge >= 0.3 is 5.97 Å². The van der Waals surface area contributed by atoms with E-state index in [4.69, 9.17) is 0 Å². The molecule has 0 fully saturated rings. The monoisotopic (exact) mass is 191 g/mol. The van der Waals surface area contributed by atoms with Gasteiger partial charge in [0.05, 0.1) is 7.11 Å². The molecule has 0 radical (unpaired) electrons. The van der Waals surface area contributed by atoms with Crippen LogP contribution in [0.15, 0.2) is 18.3 Å². The van der Waals surface area contributed by atoms with Gasteiger partial charge < -0.3 is 4.74 Å². The third-order valence-electron chi connectivity index (χ3n) is 1.86. The number of fused-ring (bicyclic) bond motifs is 1. The molecule has 2 rings (SSSR count). The van der Waals surface area contributed by atoms with E-state index in [0.29, 0.717) is 5.65 Å². The Kier molecular flexibility index (Phi) is 1.92. The molecule has 0 unspecified atom stereocenters. The minimum atomic E-state index is -0.522. The molecule has 0 aliphatic carbocycles. The lowest BCUT2D eigenvalue weighted by atomic mass is 10.3. The van der Waals surface area contributed by atoms with E-state index in [2.05, 4.69) is 14.8 Å². The van der Waals surface area contributed by atoms with Crippen molar-refractivity contribution in [3.8, 4) is 0 Å². The van der Waals surface area contributed by atoms with Gasteiger partial charge in [-0.25, -0.2) is 14.3 Å². The highest BCUT2D eigenvalue weighted by atomic mass is 16.5. The van der Waals surface area contributed by atoms with E-state index >= 15 is 0 Å². The lowest BCUT2D eigenvalue weighted by Gasteiger charge is -1.90. The summed E-state index contributed by atoms with van der Waals surface area (Å²) in [7, 11) is 1.30. The Morgan fingerprint density at radius 2 is 2.36 bits per heavy atom. The summed E-state index contributed by atoms with van der Waals surface area (Å²) in [6.07, 6.45) is 1.75. The number of aryl methyl sites for hydroxylation is 1. The second-order valence-corrected chi connectivity index (χ2v) is 2.93. The molecule has 0 aliphatic rings. The molecule has 0 atom stereocenters. The Labute approximate surface area is 80.3 Å². The average molecular weight is 191 g/mol. The van der Waals surface area contributed by atoms with Gasteiger partial charge in [-0.15, -0.1) is 5.10 Å². The van der Waals surface area contributed by atoms with E-state index in [1.807, 2.05) is 19.1 Å². The largest absolute Gasteiger partial charge is 0.463 e. The van der Waals surface area contributed by atoms with E-state index in [1.165, 1.54) is 7.11 Å². The third kappa shape index (κ3) is 1.32. The van der Waals surface area contributed by atoms with Crippen LogP contribution in [0.4, 0.5) is 0 Å². The number of pyridine rings is 1. The van der Waals surface area contributed by atoms with Crippen LogP contribution in [0.2, 0.25) is 0 Å². The highest BCUT2D eigenvalue weighted by Gasteiger charge is 2.12. The summed E-state index contributed by atoms with van der Waals surface area (Å²) < 4.78 is 6.06. The molecular weight excluding hydrogens is 182 g/mol. The maximum atomic E-state index is 11.1. The van der Waals surface area contributed by atoms with Crippen molar-refractivity contribution >= 4 is 11.6 Å². The molecule has 0 N–H and O–H groups in total. The number of hydrogen-bond acceptors (Lipinski definition) is 4. The van der Waals surface area contributed by atoms with Crippen molar-refractivity contribution in [3.05, 3.63) is 29.7 Å². The first kappa shape index (κ1) is 8.68. The van der Waals surface area contributed by atoms with Gasteiger partial charge in [0.2, 0.25) is 0 Å². The van der Waals surface area contributed by atoms with Gasteiger partial charge in [0.1, 0.15) is 0 Å². The van der Waals surface area contributed by atoms with Crippen molar-refractivity contribution in [2.45, 2.75) is 6.92 Å². The summed E-state index contributed by atoms with van der Waals surface area (Å²) in [5.41, 5.74) is 1.71. The van der Waals surface area contributed by atoms with E-state index in [0.717, 1.165) is 5.56 Å². The molecule has 14 heavy (non-hydrogen) atoms. The smallest absolute Gasteiger partial charge is 0.377 e. The van der Waals surface area contributed by atoms with Crippen molar-refractivity contribution in [2.75, 3.05) is 7.11 Å². The molecule has 0 aliphatic heterocycles. The molecule has 2 aromatic heterocycles. The highest BCUT2D eigenvalue weighted by molar-refractivity contribution is 5.85. The first-order valence-electron chi connectivity index (χ1n) is 4.12. The molecule has 0 amide bonds. The first-order valence-corrected chi connectivity index (χ1v) is 4.12. The summed E-state index contributed by atoms with van der Waals surface area (Å²) in [6.45, 7) is 1.95. The standard InChI is InChI=1S/C9H9N3O2/c1-6-3-4-12-7(5-6)10-8(11-12)9(13)14-2/h3-5H,1-2H3.